The van der Waals surface area contributed by atoms with Crippen molar-refractivity contribution in [1.82, 2.24) is 10.6 Å². The molecule has 4 aliphatic rings. The molecule has 0 aromatic heterocycles. The van der Waals surface area contributed by atoms with Gasteiger partial charge in [-0.3, -0.25) is 0 Å². The lowest BCUT2D eigenvalue weighted by atomic mass is 9.90. The Morgan fingerprint density at radius 2 is 1.08 bits per heavy atom. The number of nitrogens with one attached hydrogen (secondary N) is 2. The third kappa shape index (κ3) is 6.01. The lowest BCUT2D eigenvalue weighted by Crippen LogP contribution is -2.35. The van der Waals surface area contributed by atoms with Crippen molar-refractivity contribution in [2.75, 3.05) is 52.6 Å². The first kappa shape index (κ1) is 19.1. The average Bonchev–Trinajstić information content (AvgIpc) is 3.09. The summed E-state index contributed by atoms with van der Waals surface area (Å²) in [6, 6.07) is 0. The lowest BCUT2D eigenvalue weighted by molar-refractivity contribution is -0.159. The molecule has 2 atom stereocenters. The maximum Gasteiger partial charge on any atom is 0.414 e. The van der Waals surface area contributed by atoms with Gasteiger partial charge in [0.1, 0.15) is 0 Å². The summed E-state index contributed by atoms with van der Waals surface area (Å²) >= 11 is 0. The number of rotatable bonds is 2. The standard InChI is InChI=1S/2C7H13NO.C2H2O4/c2*1-2-8-3-6(1)7-4-9-5-7;3-1(4)2(5)6/h2*6-8H,1-5H2;(H,3,4)(H,5,6). The summed E-state index contributed by atoms with van der Waals surface area (Å²) in [6.45, 7) is 8.99. The predicted octanol–water partition coefficient (Wildman–Crippen LogP) is -0.360. The third-order valence-electron chi connectivity index (χ3n) is 5.04. The summed E-state index contributed by atoms with van der Waals surface area (Å²) in [7, 11) is 0. The van der Waals surface area contributed by atoms with Crippen molar-refractivity contribution in [1.29, 1.82) is 0 Å². The number of hydrogen-bond acceptors (Lipinski definition) is 6. The maximum atomic E-state index is 9.10. The summed E-state index contributed by atoms with van der Waals surface area (Å²) < 4.78 is 10.2. The molecule has 0 aromatic rings. The third-order valence-corrected chi connectivity index (χ3v) is 5.04. The van der Waals surface area contributed by atoms with E-state index in [1.165, 1.54) is 39.0 Å². The fourth-order valence-electron chi connectivity index (χ4n) is 3.21. The molecule has 4 heterocycles. The van der Waals surface area contributed by atoms with E-state index in [4.69, 9.17) is 29.3 Å². The van der Waals surface area contributed by atoms with Gasteiger partial charge in [0.05, 0.1) is 26.4 Å². The first-order chi connectivity index (χ1) is 11.6. The largest absolute Gasteiger partial charge is 0.473 e. The highest BCUT2D eigenvalue weighted by Crippen LogP contribution is 2.25. The van der Waals surface area contributed by atoms with Crippen molar-refractivity contribution >= 4 is 11.9 Å². The molecule has 0 spiro atoms. The first-order valence-corrected chi connectivity index (χ1v) is 8.61. The van der Waals surface area contributed by atoms with Gasteiger partial charge >= 0.3 is 11.9 Å². The van der Waals surface area contributed by atoms with E-state index in [2.05, 4.69) is 10.6 Å². The summed E-state index contributed by atoms with van der Waals surface area (Å²) in [4.78, 5) is 18.2. The summed E-state index contributed by atoms with van der Waals surface area (Å²) in [5.74, 6) is -0.0116. The number of hydrogen-bond donors (Lipinski definition) is 4. The van der Waals surface area contributed by atoms with Crippen molar-refractivity contribution in [3.63, 3.8) is 0 Å². The van der Waals surface area contributed by atoms with Crippen LogP contribution in [0.25, 0.3) is 0 Å². The van der Waals surface area contributed by atoms with Gasteiger partial charge in [-0.15, -0.1) is 0 Å². The molecule has 2 unspecified atom stereocenters. The molecule has 4 N–H and O–H groups in total. The average molecular weight is 344 g/mol. The fourth-order valence-corrected chi connectivity index (χ4v) is 3.21. The van der Waals surface area contributed by atoms with Gasteiger partial charge in [0.2, 0.25) is 0 Å². The van der Waals surface area contributed by atoms with Crippen molar-refractivity contribution < 1.29 is 29.3 Å². The minimum Gasteiger partial charge on any atom is -0.473 e. The molecule has 0 aromatic carbocycles. The highest BCUT2D eigenvalue weighted by Gasteiger charge is 2.30. The molecule has 4 aliphatic heterocycles. The van der Waals surface area contributed by atoms with Crippen LogP contribution in [0.4, 0.5) is 0 Å². The molecule has 4 fully saturated rings. The van der Waals surface area contributed by atoms with E-state index in [-0.39, 0.29) is 0 Å². The van der Waals surface area contributed by atoms with Crippen LogP contribution in [0.3, 0.4) is 0 Å². The molecule has 138 valence electrons. The Hall–Kier alpha value is -1.22. The smallest absolute Gasteiger partial charge is 0.414 e. The number of ether oxygens (including phenoxy) is 2. The number of carboxylic acids is 2. The Morgan fingerprint density at radius 3 is 1.25 bits per heavy atom. The molecule has 4 rings (SSSR count). The van der Waals surface area contributed by atoms with Crippen molar-refractivity contribution in [3.8, 4) is 0 Å². The van der Waals surface area contributed by atoms with Crippen LogP contribution < -0.4 is 10.6 Å². The number of carboxylic acid groups (broad SMARTS) is 2. The second-order valence-corrected chi connectivity index (χ2v) is 6.71. The van der Waals surface area contributed by atoms with Gasteiger partial charge in [-0.1, -0.05) is 0 Å². The number of carbonyl (C=O) groups is 2. The van der Waals surface area contributed by atoms with Crippen LogP contribution in [-0.2, 0) is 19.1 Å². The Balaban J connectivity index is 0.000000134. The van der Waals surface area contributed by atoms with Gasteiger partial charge in [0.15, 0.2) is 0 Å². The van der Waals surface area contributed by atoms with E-state index in [9.17, 15) is 0 Å². The zero-order valence-corrected chi connectivity index (χ0v) is 13.9. The van der Waals surface area contributed by atoms with E-state index >= 15 is 0 Å². The topological polar surface area (TPSA) is 117 Å². The van der Waals surface area contributed by atoms with Crippen LogP contribution >= 0.6 is 0 Å². The van der Waals surface area contributed by atoms with E-state index < -0.39 is 11.9 Å². The normalized spacial score (nSPS) is 29.3. The van der Waals surface area contributed by atoms with Crippen LogP contribution in [0.5, 0.6) is 0 Å². The van der Waals surface area contributed by atoms with Crippen LogP contribution in [0, 0.1) is 23.7 Å². The zero-order valence-electron chi connectivity index (χ0n) is 13.9. The van der Waals surface area contributed by atoms with Crippen molar-refractivity contribution in [2.24, 2.45) is 23.7 Å². The van der Waals surface area contributed by atoms with E-state index in [0.717, 1.165) is 50.1 Å². The van der Waals surface area contributed by atoms with Crippen LogP contribution in [0.15, 0.2) is 0 Å². The molecule has 8 nitrogen and oxygen atoms in total. The fraction of sp³-hybridized carbons (Fsp3) is 0.875. The monoisotopic (exact) mass is 344 g/mol. The van der Waals surface area contributed by atoms with Gasteiger partial charge in [0.25, 0.3) is 0 Å². The summed E-state index contributed by atoms with van der Waals surface area (Å²) in [6.07, 6.45) is 2.74. The second kappa shape index (κ2) is 9.93. The first-order valence-electron chi connectivity index (χ1n) is 8.61. The van der Waals surface area contributed by atoms with Gasteiger partial charge in [-0.2, -0.15) is 0 Å². The Labute approximate surface area is 141 Å². The molecular formula is C16H28N2O6. The second-order valence-electron chi connectivity index (χ2n) is 6.71. The molecule has 24 heavy (non-hydrogen) atoms. The van der Waals surface area contributed by atoms with Crippen molar-refractivity contribution in [2.45, 2.75) is 12.8 Å². The molecule has 0 radical (unpaired) electrons. The minimum absolute atomic E-state index is 0.889. The van der Waals surface area contributed by atoms with E-state index in [1.807, 2.05) is 0 Å². The Bertz CT molecular complexity index is 361. The zero-order chi connectivity index (χ0) is 17.4. The van der Waals surface area contributed by atoms with Crippen LogP contribution in [0.2, 0.25) is 0 Å². The van der Waals surface area contributed by atoms with Gasteiger partial charge < -0.3 is 30.3 Å². The van der Waals surface area contributed by atoms with Crippen LogP contribution in [-0.4, -0.2) is 74.8 Å². The van der Waals surface area contributed by atoms with Gasteiger partial charge in [-0.05, 0) is 50.9 Å². The SMILES string of the molecule is C1CC(C2COC2)CN1.C1CC(C2COC2)CN1.O=C(O)C(=O)O. The highest BCUT2D eigenvalue weighted by atomic mass is 16.5. The highest BCUT2D eigenvalue weighted by molar-refractivity contribution is 6.27. The van der Waals surface area contributed by atoms with Gasteiger partial charge in [0, 0.05) is 11.8 Å². The predicted molar refractivity (Wildman–Crippen MR) is 85.8 cm³/mol. The minimum atomic E-state index is -1.82. The molecule has 0 amide bonds. The maximum absolute atomic E-state index is 9.10. The molecular weight excluding hydrogens is 316 g/mol. The van der Waals surface area contributed by atoms with E-state index in [0.29, 0.717) is 0 Å². The van der Waals surface area contributed by atoms with Crippen molar-refractivity contribution in [3.05, 3.63) is 0 Å². The number of aliphatic carboxylic acids is 2. The molecule has 0 aliphatic carbocycles. The van der Waals surface area contributed by atoms with E-state index in [1.54, 1.807) is 0 Å². The Kier molecular flexibility index (Phi) is 7.90. The Morgan fingerprint density at radius 1 is 0.708 bits per heavy atom. The summed E-state index contributed by atoms with van der Waals surface area (Å²) in [5.41, 5.74) is 0. The quantitative estimate of drug-likeness (QED) is 0.502. The van der Waals surface area contributed by atoms with Gasteiger partial charge in [-0.25, -0.2) is 9.59 Å². The molecule has 8 heteroatoms. The summed E-state index contributed by atoms with van der Waals surface area (Å²) in [5, 5.41) is 21.5. The molecule has 0 bridgehead atoms. The lowest BCUT2D eigenvalue weighted by Gasteiger charge is -2.30. The molecule has 0 saturated carbocycles. The molecule has 4 saturated heterocycles. The van der Waals surface area contributed by atoms with Crippen LogP contribution in [0.1, 0.15) is 12.8 Å².